The standard InChI is InChI=1S/C26H37N3O/c1-23(2)21(24(23,3)4)20-19(17-10-8-7-9-11-17)16-29(28-20)22(30)27-26(6)18-12-14-25(26,5)15-13-18/h7-11,18-19,21H,12-16H2,1-6H3,(H,27,30)/t18?,19?,25?,26-/m0/s1. The lowest BCUT2D eigenvalue weighted by Crippen LogP contribution is -2.56. The van der Waals surface area contributed by atoms with E-state index in [4.69, 9.17) is 5.10 Å². The van der Waals surface area contributed by atoms with E-state index < -0.39 is 0 Å². The summed E-state index contributed by atoms with van der Waals surface area (Å²) in [7, 11) is 0. The normalized spacial score (nSPS) is 38.6. The molecule has 1 N–H and O–H groups in total. The molecule has 1 aromatic carbocycles. The molecule has 3 fully saturated rings. The van der Waals surface area contributed by atoms with Crippen LogP contribution >= 0.6 is 0 Å². The number of nitrogens with one attached hydrogen (secondary N) is 1. The zero-order chi connectivity index (χ0) is 21.5. The smallest absolute Gasteiger partial charge is 0.331 e. The zero-order valence-electron chi connectivity index (χ0n) is 19.5. The molecule has 0 saturated heterocycles. The molecule has 1 aromatic rings. The molecule has 1 aliphatic heterocycles. The number of nitrogens with zero attached hydrogens (tertiary/aromatic N) is 2. The van der Waals surface area contributed by atoms with Gasteiger partial charge in [0.25, 0.3) is 0 Å². The molecule has 0 spiro atoms. The minimum absolute atomic E-state index is 0.00952. The van der Waals surface area contributed by atoms with Gasteiger partial charge in [-0.3, -0.25) is 0 Å². The van der Waals surface area contributed by atoms with Crippen LogP contribution in [0.1, 0.15) is 78.7 Å². The topological polar surface area (TPSA) is 44.7 Å². The molecule has 2 bridgehead atoms. The second-order valence-electron chi connectivity index (χ2n) is 11.9. The van der Waals surface area contributed by atoms with E-state index in [1.807, 2.05) is 0 Å². The second-order valence-corrected chi connectivity index (χ2v) is 11.9. The molecule has 2 amide bonds. The Balaban J connectivity index is 1.43. The van der Waals surface area contributed by atoms with Crippen LogP contribution in [0.15, 0.2) is 35.4 Å². The number of amides is 2. The van der Waals surface area contributed by atoms with E-state index >= 15 is 0 Å². The third kappa shape index (κ3) is 2.51. The van der Waals surface area contributed by atoms with Gasteiger partial charge in [-0.05, 0) is 60.3 Å². The van der Waals surface area contributed by atoms with Gasteiger partial charge in [-0.1, -0.05) is 65.0 Å². The highest BCUT2D eigenvalue weighted by Gasteiger charge is 2.68. The molecule has 4 heteroatoms. The lowest BCUT2D eigenvalue weighted by atomic mass is 9.76. The lowest BCUT2D eigenvalue weighted by molar-refractivity contribution is 0.148. The monoisotopic (exact) mass is 407 g/mol. The van der Waals surface area contributed by atoms with E-state index in [0.717, 1.165) is 0 Å². The Hall–Kier alpha value is -1.84. The van der Waals surface area contributed by atoms with Gasteiger partial charge in [0.05, 0.1) is 12.3 Å². The molecule has 5 rings (SSSR count). The maximum Gasteiger partial charge on any atom is 0.338 e. The van der Waals surface area contributed by atoms with Crippen LogP contribution in [0.3, 0.4) is 0 Å². The van der Waals surface area contributed by atoms with E-state index in [2.05, 4.69) is 77.2 Å². The molecule has 30 heavy (non-hydrogen) atoms. The number of rotatable bonds is 3. The number of hydrazone groups is 1. The first kappa shape index (κ1) is 20.1. The largest absolute Gasteiger partial charge is 0.338 e. The van der Waals surface area contributed by atoms with Crippen LogP contribution in [0.2, 0.25) is 0 Å². The molecule has 4 nitrogen and oxygen atoms in total. The molecule has 0 radical (unpaired) electrons. The van der Waals surface area contributed by atoms with Crippen molar-refractivity contribution >= 4 is 11.7 Å². The molecular weight excluding hydrogens is 370 g/mol. The van der Waals surface area contributed by atoms with Gasteiger partial charge in [0, 0.05) is 17.4 Å². The van der Waals surface area contributed by atoms with Crippen molar-refractivity contribution in [3.8, 4) is 0 Å². The quantitative estimate of drug-likeness (QED) is 0.676. The fourth-order valence-corrected chi connectivity index (χ4v) is 7.18. The summed E-state index contributed by atoms with van der Waals surface area (Å²) in [6.45, 7) is 14.6. The number of hydrogen-bond donors (Lipinski definition) is 1. The first-order valence-electron chi connectivity index (χ1n) is 11.7. The summed E-state index contributed by atoms with van der Waals surface area (Å²) in [6, 6.07) is 10.6. The Bertz CT molecular complexity index is 880. The van der Waals surface area contributed by atoms with Gasteiger partial charge in [-0.2, -0.15) is 5.10 Å². The van der Waals surface area contributed by atoms with Gasteiger partial charge < -0.3 is 5.32 Å². The van der Waals surface area contributed by atoms with E-state index in [1.54, 1.807) is 5.01 Å². The van der Waals surface area contributed by atoms with Crippen LogP contribution in [-0.4, -0.2) is 28.8 Å². The summed E-state index contributed by atoms with van der Waals surface area (Å²) in [5.74, 6) is 1.19. The number of fused-ring (bicyclic) bond motifs is 2. The number of urea groups is 1. The average molecular weight is 408 g/mol. The van der Waals surface area contributed by atoms with Crippen molar-refractivity contribution in [3.05, 3.63) is 35.9 Å². The molecule has 4 aliphatic rings. The van der Waals surface area contributed by atoms with E-state index in [-0.39, 0.29) is 33.7 Å². The number of carbonyl (C=O) groups is 1. The van der Waals surface area contributed by atoms with Crippen molar-refractivity contribution in [3.63, 3.8) is 0 Å². The van der Waals surface area contributed by atoms with E-state index in [0.29, 0.717) is 18.4 Å². The molecule has 162 valence electrons. The third-order valence-electron chi connectivity index (χ3n) is 10.2. The Morgan fingerprint density at radius 3 is 2.10 bits per heavy atom. The molecular formula is C26H37N3O. The first-order valence-corrected chi connectivity index (χ1v) is 11.7. The molecule has 1 heterocycles. The Kier molecular flexibility index (Phi) is 4.09. The fourth-order valence-electron chi connectivity index (χ4n) is 7.18. The third-order valence-corrected chi connectivity index (χ3v) is 10.2. The summed E-state index contributed by atoms with van der Waals surface area (Å²) >= 11 is 0. The molecule has 0 aromatic heterocycles. The Labute approximate surface area is 181 Å². The summed E-state index contributed by atoms with van der Waals surface area (Å²) in [5, 5.41) is 10.2. The van der Waals surface area contributed by atoms with Crippen molar-refractivity contribution in [2.24, 2.45) is 33.2 Å². The average Bonchev–Trinajstić information content (AvgIpc) is 3.09. The maximum absolute atomic E-state index is 13.5. The number of benzene rings is 1. The summed E-state index contributed by atoms with van der Waals surface area (Å²) < 4.78 is 0. The molecule has 3 saturated carbocycles. The van der Waals surface area contributed by atoms with Crippen LogP contribution in [0.25, 0.3) is 0 Å². The van der Waals surface area contributed by atoms with Crippen LogP contribution in [0, 0.1) is 28.1 Å². The van der Waals surface area contributed by atoms with E-state index in [1.165, 1.54) is 37.0 Å². The predicted octanol–water partition coefficient (Wildman–Crippen LogP) is 5.80. The van der Waals surface area contributed by atoms with Crippen molar-refractivity contribution in [1.82, 2.24) is 10.3 Å². The van der Waals surface area contributed by atoms with Crippen LogP contribution < -0.4 is 5.32 Å². The highest BCUT2D eigenvalue weighted by Crippen LogP contribution is 2.70. The fraction of sp³-hybridized carbons (Fsp3) is 0.692. The molecule has 3 aliphatic carbocycles. The van der Waals surface area contributed by atoms with Gasteiger partial charge in [0.15, 0.2) is 0 Å². The maximum atomic E-state index is 13.5. The van der Waals surface area contributed by atoms with Crippen LogP contribution in [0.4, 0.5) is 4.79 Å². The lowest BCUT2D eigenvalue weighted by Gasteiger charge is -2.39. The number of carbonyl (C=O) groups excluding carboxylic acids is 1. The van der Waals surface area contributed by atoms with Gasteiger partial charge in [-0.15, -0.1) is 0 Å². The van der Waals surface area contributed by atoms with Crippen LogP contribution in [-0.2, 0) is 0 Å². The SMILES string of the molecule is CC1(C)C(C2=NN(C(=O)N[C@@]3(C)C4CCC3(C)CC4)CC2c2ccccc2)C1(C)C. The van der Waals surface area contributed by atoms with Crippen molar-refractivity contribution in [2.45, 2.75) is 78.7 Å². The highest BCUT2D eigenvalue weighted by molar-refractivity contribution is 5.99. The minimum atomic E-state index is -0.108. The Morgan fingerprint density at radius 2 is 1.60 bits per heavy atom. The van der Waals surface area contributed by atoms with Gasteiger partial charge >= 0.3 is 6.03 Å². The highest BCUT2D eigenvalue weighted by atomic mass is 16.2. The van der Waals surface area contributed by atoms with Crippen molar-refractivity contribution < 1.29 is 4.79 Å². The number of hydrogen-bond acceptors (Lipinski definition) is 2. The van der Waals surface area contributed by atoms with Gasteiger partial charge in [0.1, 0.15) is 0 Å². The predicted molar refractivity (Wildman–Crippen MR) is 121 cm³/mol. The summed E-state index contributed by atoms with van der Waals surface area (Å²) in [5.41, 5.74) is 2.98. The minimum Gasteiger partial charge on any atom is -0.331 e. The molecule has 2 atom stereocenters. The van der Waals surface area contributed by atoms with Gasteiger partial charge in [0.2, 0.25) is 0 Å². The first-order chi connectivity index (χ1) is 14.0. The van der Waals surface area contributed by atoms with Crippen molar-refractivity contribution in [1.29, 1.82) is 0 Å². The van der Waals surface area contributed by atoms with Crippen LogP contribution in [0.5, 0.6) is 0 Å². The second kappa shape index (κ2) is 6.11. The zero-order valence-corrected chi connectivity index (χ0v) is 19.5. The molecule has 1 unspecified atom stereocenters. The summed E-state index contributed by atoms with van der Waals surface area (Å²) in [6.07, 6.45) is 4.91. The van der Waals surface area contributed by atoms with Gasteiger partial charge in [-0.25, -0.2) is 9.80 Å². The van der Waals surface area contributed by atoms with E-state index in [9.17, 15) is 4.79 Å². The summed E-state index contributed by atoms with van der Waals surface area (Å²) in [4.78, 5) is 13.5. The van der Waals surface area contributed by atoms with Crippen molar-refractivity contribution in [2.75, 3.05) is 6.54 Å². The Morgan fingerprint density at radius 1 is 1.00 bits per heavy atom.